The molecule has 23 heavy (non-hydrogen) atoms. The first-order valence-electron chi connectivity index (χ1n) is 6.76. The molecule has 0 aliphatic rings. The van der Waals surface area contributed by atoms with Gasteiger partial charge in [-0.3, -0.25) is 0 Å². The van der Waals surface area contributed by atoms with E-state index in [1.807, 2.05) is 0 Å². The first-order chi connectivity index (χ1) is 11.1. The van der Waals surface area contributed by atoms with Gasteiger partial charge in [-0.25, -0.2) is 19.0 Å². The zero-order chi connectivity index (χ0) is 16.0. The molecule has 0 N–H and O–H groups in total. The van der Waals surface area contributed by atoms with Crippen LogP contribution in [-0.2, 0) is 0 Å². The number of fused-ring (bicyclic) bond motifs is 2. The third-order valence-corrected chi connectivity index (χ3v) is 3.48. The Bertz CT molecular complexity index is 1180. The summed E-state index contributed by atoms with van der Waals surface area (Å²) in [7, 11) is 0. The van der Waals surface area contributed by atoms with Crippen molar-refractivity contribution < 1.29 is 13.2 Å². The average molecular weight is 309 g/mol. The van der Waals surface area contributed by atoms with Crippen molar-refractivity contribution in [3.63, 3.8) is 0 Å². The molecule has 0 saturated carbocycles. The number of hydrogen-bond acceptors (Lipinski definition) is 5. The SMILES string of the molecule is O=c1oc2ccccc2cc1-c1nc2cccc(F)c2c(=O)o1. The van der Waals surface area contributed by atoms with Crippen LogP contribution < -0.4 is 11.3 Å². The molecule has 4 aromatic rings. The molecule has 2 heterocycles. The van der Waals surface area contributed by atoms with Gasteiger partial charge in [-0.1, -0.05) is 24.3 Å². The Morgan fingerprint density at radius 1 is 0.913 bits per heavy atom. The van der Waals surface area contributed by atoms with E-state index in [4.69, 9.17) is 8.83 Å². The minimum absolute atomic E-state index is 0.00645. The summed E-state index contributed by atoms with van der Waals surface area (Å²) in [4.78, 5) is 28.2. The maximum atomic E-state index is 13.7. The van der Waals surface area contributed by atoms with Gasteiger partial charge in [0.15, 0.2) is 0 Å². The third kappa shape index (κ3) is 2.12. The number of hydrogen-bond donors (Lipinski definition) is 0. The molecule has 0 aliphatic carbocycles. The minimum Gasteiger partial charge on any atom is -0.422 e. The Morgan fingerprint density at radius 3 is 2.61 bits per heavy atom. The lowest BCUT2D eigenvalue weighted by Crippen LogP contribution is -2.09. The summed E-state index contributed by atoms with van der Waals surface area (Å²) < 4.78 is 23.9. The molecule has 0 fully saturated rings. The quantitative estimate of drug-likeness (QED) is 0.505. The van der Waals surface area contributed by atoms with Gasteiger partial charge in [0.1, 0.15) is 22.3 Å². The van der Waals surface area contributed by atoms with Crippen molar-refractivity contribution in [2.45, 2.75) is 0 Å². The van der Waals surface area contributed by atoms with E-state index in [-0.39, 0.29) is 22.4 Å². The fraction of sp³-hybridized carbons (Fsp3) is 0. The van der Waals surface area contributed by atoms with Crippen molar-refractivity contribution in [3.8, 4) is 11.5 Å². The Balaban J connectivity index is 2.05. The van der Waals surface area contributed by atoms with E-state index in [9.17, 15) is 14.0 Å². The number of para-hydroxylation sites is 1. The highest BCUT2D eigenvalue weighted by Gasteiger charge is 2.16. The zero-order valence-corrected chi connectivity index (χ0v) is 11.6. The second-order valence-corrected chi connectivity index (χ2v) is 4.93. The van der Waals surface area contributed by atoms with Gasteiger partial charge in [0.2, 0.25) is 5.89 Å². The summed E-state index contributed by atoms with van der Waals surface area (Å²) in [6.45, 7) is 0. The van der Waals surface area contributed by atoms with Crippen LogP contribution in [0.4, 0.5) is 4.39 Å². The summed E-state index contributed by atoms with van der Waals surface area (Å²) in [6, 6.07) is 12.5. The first kappa shape index (κ1) is 13.4. The Kier molecular flexibility index (Phi) is 2.84. The number of halogens is 1. The van der Waals surface area contributed by atoms with E-state index >= 15 is 0 Å². The van der Waals surface area contributed by atoms with Crippen LogP contribution in [0.25, 0.3) is 33.3 Å². The smallest absolute Gasteiger partial charge is 0.350 e. The van der Waals surface area contributed by atoms with E-state index in [1.54, 1.807) is 24.3 Å². The highest BCUT2D eigenvalue weighted by atomic mass is 19.1. The highest BCUT2D eigenvalue weighted by Crippen LogP contribution is 2.21. The van der Waals surface area contributed by atoms with E-state index in [2.05, 4.69) is 4.98 Å². The molecule has 0 unspecified atom stereocenters. The van der Waals surface area contributed by atoms with Crippen molar-refractivity contribution in [2.24, 2.45) is 0 Å². The van der Waals surface area contributed by atoms with Crippen LogP contribution in [0.3, 0.4) is 0 Å². The van der Waals surface area contributed by atoms with Crippen molar-refractivity contribution in [1.29, 1.82) is 0 Å². The molecule has 0 saturated heterocycles. The molecule has 0 bridgehead atoms. The monoisotopic (exact) mass is 309 g/mol. The fourth-order valence-corrected chi connectivity index (χ4v) is 2.41. The molecule has 5 nitrogen and oxygen atoms in total. The molecular formula is C17H8FNO4. The standard InChI is InChI=1S/C17H8FNO4/c18-11-5-3-6-12-14(11)17(21)23-15(19-12)10-8-9-4-1-2-7-13(9)22-16(10)20/h1-8H. The van der Waals surface area contributed by atoms with Gasteiger partial charge >= 0.3 is 11.3 Å². The molecule has 4 rings (SSSR count). The van der Waals surface area contributed by atoms with Gasteiger partial charge in [-0.2, -0.15) is 0 Å². The Labute approximate surface area is 127 Å². The molecule has 2 aromatic carbocycles. The number of nitrogens with zero attached hydrogens (tertiary/aromatic N) is 1. The van der Waals surface area contributed by atoms with Crippen LogP contribution >= 0.6 is 0 Å². The Morgan fingerprint density at radius 2 is 1.74 bits per heavy atom. The molecule has 0 radical (unpaired) electrons. The van der Waals surface area contributed by atoms with Crippen LogP contribution in [0.15, 0.2) is 67.0 Å². The molecule has 0 spiro atoms. The van der Waals surface area contributed by atoms with Gasteiger partial charge in [0.25, 0.3) is 0 Å². The van der Waals surface area contributed by atoms with Crippen LogP contribution in [0.1, 0.15) is 0 Å². The molecule has 2 aromatic heterocycles. The van der Waals surface area contributed by atoms with Gasteiger partial charge in [-0.15, -0.1) is 0 Å². The zero-order valence-electron chi connectivity index (χ0n) is 11.6. The normalized spacial score (nSPS) is 11.2. The van der Waals surface area contributed by atoms with E-state index in [1.165, 1.54) is 18.2 Å². The molecule has 112 valence electrons. The van der Waals surface area contributed by atoms with Gasteiger partial charge in [-0.05, 0) is 24.3 Å². The summed E-state index contributed by atoms with van der Waals surface area (Å²) in [5.74, 6) is -0.923. The maximum absolute atomic E-state index is 13.7. The summed E-state index contributed by atoms with van der Waals surface area (Å²) in [6.07, 6.45) is 0. The third-order valence-electron chi connectivity index (χ3n) is 3.48. The van der Waals surface area contributed by atoms with Crippen LogP contribution in [0, 0.1) is 5.82 Å². The summed E-state index contributed by atoms with van der Waals surface area (Å²) in [5.41, 5.74) is -1.04. The van der Waals surface area contributed by atoms with Gasteiger partial charge in [0, 0.05) is 5.39 Å². The predicted octanol–water partition coefficient (Wildman–Crippen LogP) is 3.10. The van der Waals surface area contributed by atoms with E-state index in [0.29, 0.717) is 11.0 Å². The molecule has 0 amide bonds. The van der Waals surface area contributed by atoms with Crippen molar-refractivity contribution in [1.82, 2.24) is 4.98 Å². The van der Waals surface area contributed by atoms with Gasteiger partial charge in [0.05, 0.1) is 5.52 Å². The lowest BCUT2D eigenvalue weighted by Gasteiger charge is -2.02. The van der Waals surface area contributed by atoms with Crippen LogP contribution in [0.2, 0.25) is 0 Å². The summed E-state index contributed by atoms with van der Waals surface area (Å²) >= 11 is 0. The second kappa shape index (κ2) is 4.88. The fourth-order valence-electron chi connectivity index (χ4n) is 2.41. The number of rotatable bonds is 1. The minimum atomic E-state index is -0.893. The summed E-state index contributed by atoms with van der Waals surface area (Å²) in [5, 5.41) is 0.410. The number of aromatic nitrogens is 1. The maximum Gasteiger partial charge on any atom is 0.350 e. The van der Waals surface area contributed by atoms with E-state index < -0.39 is 17.1 Å². The molecular weight excluding hydrogens is 301 g/mol. The van der Waals surface area contributed by atoms with Crippen LogP contribution in [-0.4, -0.2) is 4.98 Å². The van der Waals surface area contributed by atoms with Crippen molar-refractivity contribution >= 4 is 21.9 Å². The molecule has 0 atom stereocenters. The number of benzene rings is 2. The lowest BCUT2D eigenvalue weighted by molar-refractivity contribution is 0.504. The van der Waals surface area contributed by atoms with Crippen molar-refractivity contribution in [2.75, 3.05) is 0 Å². The van der Waals surface area contributed by atoms with E-state index in [0.717, 1.165) is 6.07 Å². The largest absolute Gasteiger partial charge is 0.422 e. The van der Waals surface area contributed by atoms with Gasteiger partial charge < -0.3 is 8.83 Å². The lowest BCUT2D eigenvalue weighted by atomic mass is 10.2. The van der Waals surface area contributed by atoms with Crippen molar-refractivity contribution in [3.05, 3.63) is 75.2 Å². The molecule has 0 aliphatic heterocycles. The first-order valence-corrected chi connectivity index (χ1v) is 6.76. The predicted molar refractivity (Wildman–Crippen MR) is 81.7 cm³/mol. The average Bonchev–Trinajstić information content (AvgIpc) is 2.54. The topological polar surface area (TPSA) is 73.3 Å². The highest BCUT2D eigenvalue weighted by molar-refractivity contribution is 5.82. The van der Waals surface area contributed by atoms with Crippen LogP contribution in [0.5, 0.6) is 0 Å². The second-order valence-electron chi connectivity index (χ2n) is 4.93. The Hall–Kier alpha value is -3.28. The molecule has 6 heteroatoms.